The first-order valence-corrected chi connectivity index (χ1v) is 10.7. The lowest BCUT2D eigenvalue weighted by Crippen LogP contribution is -2.16. The smallest absolute Gasteiger partial charge is 0.0708 e. The van der Waals surface area contributed by atoms with E-state index in [1.54, 1.807) is 0 Å². The van der Waals surface area contributed by atoms with Crippen LogP contribution in [0.25, 0.3) is 22.4 Å². The lowest BCUT2D eigenvalue weighted by molar-refractivity contribution is 0.569. The summed E-state index contributed by atoms with van der Waals surface area (Å²) in [6.45, 7) is 18.3. The molecule has 29 heavy (non-hydrogen) atoms. The van der Waals surface area contributed by atoms with Gasteiger partial charge in [-0.15, -0.1) is 0 Å². The standard InChI is InChI=1S/C28H35N/c1-19(2)25-18-29-26(20-12-10-9-11-13-20)17-24(25)21-14-22(27(3,4)5)16-23(15-21)28(6,7)8/h9-19H,1-8H3. The van der Waals surface area contributed by atoms with Gasteiger partial charge in [0.25, 0.3) is 0 Å². The minimum Gasteiger partial charge on any atom is -0.256 e. The molecule has 0 radical (unpaired) electrons. The van der Waals surface area contributed by atoms with Gasteiger partial charge >= 0.3 is 0 Å². The molecule has 0 bridgehead atoms. The second-order valence-corrected chi connectivity index (χ2v) is 10.5. The van der Waals surface area contributed by atoms with E-state index in [2.05, 4.69) is 116 Å². The highest BCUT2D eigenvalue weighted by Gasteiger charge is 2.22. The highest BCUT2D eigenvalue weighted by atomic mass is 14.7. The van der Waals surface area contributed by atoms with E-state index in [-0.39, 0.29) is 10.8 Å². The Bertz CT molecular complexity index is 951. The predicted octanol–water partition coefficient (Wildman–Crippen LogP) is 8.13. The maximum Gasteiger partial charge on any atom is 0.0708 e. The molecule has 0 N–H and O–H groups in total. The summed E-state index contributed by atoms with van der Waals surface area (Å²) in [7, 11) is 0. The molecule has 0 fully saturated rings. The highest BCUT2D eigenvalue weighted by molar-refractivity contribution is 5.75. The van der Waals surface area contributed by atoms with E-state index in [1.165, 1.54) is 27.8 Å². The van der Waals surface area contributed by atoms with Crippen LogP contribution in [0, 0.1) is 0 Å². The highest BCUT2D eigenvalue weighted by Crippen LogP contribution is 2.37. The molecule has 0 aliphatic rings. The first-order valence-electron chi connectivity index (χ1n) is 10.7. The maximum atomic E-state index is 4.80. The molecule has 1 heterocycles. The number of hydrogen-bond acceptors (Lipinski definition) is 1. The Morgan fingerprint density at radius 2 is 1.24 bits per heavy atom. The van der Waals surface area contributed by atoms with E-state index in [9.17, 15) is 0 Å². The summed E-state index contributed by atoms with van der Waals surface area (Å²) in [6, 6.07) is 19.9. The quantitative estimate of drug-likeness (QED) is 0.443. The molecule has 0 atom stereocenters. The zero-order valence-corrected chi connectivity index (χ0v) is 19.3. The zero-order valence-electron chi connectivity index (χ0n) is 19.3. The molecule has 2 aromatic carbocycles. The first-order chi connectivity index (χ1) is 13.5. The van der Waals surface area contributed by atoms with Crippen LogP contribution in [0.3, 0.4) is 0 Å². The number of aromatic nitrogens is 1. The third kappa shape index (κ3) is 4.78. The molecule has 1 heteroatoms. The summed E-state index contributed by atoms with van der Waals surface area (Å²) >= 11 is 0. The molecule has 0 aliphatic heterocycles. The number of benzene rings is 2. The van der Waals surface area contributed by atoms with Crippen molar-refractivity contribution in [3.63, 3.8) is 0 Å². The molecule has 0 amide bonds. The van der Waals surface area contributed by atoms with Crippen molar-refractivity contribution < 1.29 is 0 Å². The Morgan fingerprint density at radius 1 is 0.690 bits per heavy atom. The Balaban J connectivity index is 2.28. The van der Waals surface area contributed by atoms with Gasteiger partial charge in [0.05, 0.1) is 5.69 Å². The Hall–Kier alpha value is -2.41. The maximum absolute atomic E-state index is 4.80. The van der Waals surface area contributed by atoms with Crippen molar-refractivity contribution in [2.75, 3.05) is 0 Å². The third-order valence-electron chi connectivity index (χ3n) is 5.60. The van der Waals surface area contributed by atoms with Gasteiger partial charge in [0.1, 0.15) is 0 Å². The lowest BCUT2D eigenvalue weighted by Gasteiger charge is -2.27. The van der Waals surface area contributed by atoms with Crippen LogP contribution in [0.5, 0.6) is 0 Å². The topological polar surface area (TPSA) is 12.9 Å². The van der Waals surface area contributed by atoms with Crippen LogP contribution < -0.4 is 0 Å². The zero-order chi connectivity index (χ0) is 21.4. The third-order valence-corrected chi connectivity index (χ3v) is 5.60. The molecule has 0 saturated carbocycles. The van der Waals surface area contributed by atoms with Crippen molar-refractivity contribution in [1.82, 2.24) is 4.98 Å². The van der Waals surface area contributed by atoms with E-state index in [4.69, 9.17) is 4.98 Å². The molecule has 0 saturated heterocycles. The van der Waals surface area contributed by atoms with E-state index < -0.39 is 0 Å². The van der Waals surface area contributed by atoms with Crippen LogP contribution in [-0.2, 0) is 10.8 Å². The summed E-state index contributed by atoms with van der Waals surface area (Å²) in [5.74, 6) is 0.415. The average molecular weight is 386 g/mol. The largest absolute Gasteiger partial charge is 0.256 e. The molecule has 3 rings (SSSR count). The van der Waals surface area contributed by atoms with E-state index in [0.717, 1.165) is 11.3 Å². The fourth-order valence-electron chi connectivity index (χ4n) is 3.59. The Labute approximate surface area is 177 Å². The van der Waals surface area contributed by atoms with Crippen LogP contribution >= 0.6 is 0 Å². The molecule has 0 spiro atoms. The molecule has 3 aromatic rings. The van der Waals surface area contributed by atoms with Crippen LogP contribution in [0.1, 0.15) is 78.0 Å². The van der Waals surface area contributed by atoms with E-state index >= 15 is 0 Å². The molecule has 0 unspecified atom stereocenters. The normalized spacial score (nSPS) is 12.4. The minimum absolute atomic E-state index is 0.100. The molecule has 152 valence electrons. The average Bonchev–Trinajstić information content (AvgIpc) is 2.66. The molecule has 0 aliphatic carbocycles. The van der Waals surface area contributed by atoms with Gasteiger partial charge in [-0.25, -0.2) is 0 Å². The van der Waals surface area contributed by atoms with Crippen LogP contribution in [-0.4, -0.2) is 4.98 Å². The van der Waals surface area contributed by atoms with Gasteiger partial charge in [-0.2, -0.15) is 0 Å². The monoisotopic (exact) mass is 385 g/mol. The van der Waals surface area contributed by atoms with E-state index in [1.807, 2.05) is 0 Å². The van der Waals surface area contributed by atoms with Crippen molar-refractivity contribution in [3.8, 4) is 22.4 Å². The second-order valence-electron chi connectivity index (χ2n) is 10.5. The predicted molar refractivity (Wildman–Crippen MR) is 127 cm³/mol. The lowest BCUT2D eigenvalue weighted by atomic mass is 9.78. The minimum atomic E-state index is 0.100. The van der Waals surface area contributed by atoms with Gasteiger partial charge < -0.3 is 0 Å². The van der Waals surface area contributed by atoms with Gasteiger partial charge in [0, 0.05) is 11.8 Å². The van der Waals surface area contributed by atoms with Gasteiger partial charge in [0.2, 0.25) is 0 Å². The van der Waals surface area contributed by atoms with Crippen molar-refractivity contribution in [1.29, 1.82) is 0 Å². The number of nitrogens with zero attached hydrogens (tertiary/aromatic N) is 1. The SMILES string of the molecule is CC(C)c1cnc(-c2ccccc2)cc1-c1cc(C(C)(C)C)cc(C(C)(C)C)c1. The van der Waals surface area contributed by atoms with Gasteiger partial charge in [-0.1, -0.05) is 104 Å². The summed E-state index contributed by atoms with van der Waals surface area (Å²) in [5.41, 5.74) is 9.05. The molecular formula is C28H35N. The van der Waals surface area contributed by atoms with Crippen molar-refractivity contribution >= 4 is 0 Å². The molecule has 1 nitrogen and oxygen atoms in total. The van der Waals surface area contributed by atoms with Crippen LogP contribution in [0.2, 0.25) is 0 Å². The van der Waals surface area contributed by atoms with Crippen molar-refractivity contribution in [3.05, 3.63) is 77.5 Å². The fraction of sp³-hybridized carbons (Fsp3) is 0.393. The second kappa shape index (κ2) is 7.78. The summed E-state index contributed by atoms with van der Waals surface area (Å²) in [6.07, 6.45) is 2.07. The molecular weight excluding hydrogens is 350 g/mol. The summed E-state index contributed by atoms with van der Waals surface area (Å²) in [5, 5.41) is 0. The van der Waals surface area contributed by atoms with Crippen molar-refractivity contribution in [2.24, 2.45) is 0 Å². The number of pyridine rings is 1. The Morgan fingerprint density at radius 3 is 1.72 bits per heavy atom. The number of rotatable bonds is 3. The first kappa shape index (κ1) is 21.3. The number of hydrogen-bond donors (Lipinski definition) is 0. The van der Waals surface area contributed by atoms with Crippen LogP contribution in [0.4, 0.5) is 0 Å². The van der Waals surface area contributed by atoms with Crippen LogP contribution in [0.15, 0.2) is 60.8 Å². The fourth-order valence-corrected chi connectivity index (χ4v) is 3.59. The van der Waals surface area contributed by atoms with Gasteiger partial charge in [0.15, 0.2) is 0 Å². The van der Waals surface area contributed by atoms with Crippen molar-refractivity contribution in [2.45, 2.75) is 72.1 Å². The molecule has 1 aromatic heterocycles. The van der Waals surface area contributed by atoms with Gasteiger partial charge in [-0.3, -0.25) is 4.98 Å². The Kier molecular flexibility index (Phi) is 5.72. The summed E-state index contributed by atoms with van der Waals surface area (Å²) < 4.78 is 0. The van der Waals surface area contributed by atoms with E-state index in [0.29, 0.717) is 5.92 Å². The van der Waals surface area contributed by atoms with Gasteiger partial charge in [-0.05, 0) is 50.6 Å². The summed E-state index contributed by atoms with van der Waals surface area (Å²) in [4.78, 5) is 4.80.